The number of carbonyl (C=O) groups is 2. The fourth-order valence-corrected chi connectivity index (χ4v) is 1.63. The van der Waals surface area contributed by atoms with Crippen molar-refractivity contribution in [2.45, 2.75) is 6.92 Å². The van der Waals surface area contributed by atoms with Crippen LogP contribution in [0.3, 0.4) is 0 Å². The smallest absolute Gasteiger partial charge is 0.266 e. The van der Waals surface area contributed by atoms with Gasteiger partial charge in [-0.2, -0.15) is 0 Å². The molecule has 3 N–H and O–H groups in total. The Bertz CT molecular complexity index is 627. The number of aromatic amines is 1. The molecule has 21 heavy (non-hydrogen) atoms. The first-order chi connectivity index (χ1) is 9.59. The van der Waals surface area contributed by atoms with Gasteiger partial charge in [0, 0.05) is 18.7 Å². The van der Waals surface area contributed by atoms with Crippen LogP contribution in [0.5, 0.6) is 0 Å². The molecule has 0 aliphatic heterocycles. The molecule has 0 saturated heterocycles. The number of anilines is 1. The topological polar surface area (TPSA) is 102 Å². The maximum atomic E-state index is 12.4. The summed E-state index contributed by atoms with van der Waals surface area (Å²) >= 11 is 0. The number of hydrogen-bond acceptors (Lipinski definition) is 4. The number of hydrogen-bond donors (Lipinski definition) is 3. The number of amides is 2. The second-order valence-electron chi connectivity index (χ2n) is 3.96. The third kappa shape index (κ3) is 3.90. The van der Waals surface area contributed by atoms with Gasteiger partial charge in [0.05, 0.1) is 6.33 Å². The SMILES string of the molecule is CC(=O)NC(=N)N(C(=O)c1ccccc1)c1c[nH]cn1.Cl. The van der Waals surface area contributed by atoms with Gasteiger partial charge < -0.3 is 4.98 Å². The molecular formula is C13H14ClN5O2. The third-order valence-corrected chi connectivity index (χ3v) is 2.45. The standard InChI is InChI=1S/C13H13N5O2.ClH/c1-9(19)17-13(14)18(11-7-15-8-16-11)12(20)10-5-3-2-4-6-10;/h2-8H,1H3,(H,15,16)(H2,14,17,19);1H. The van der Waals surface area contributed by atoms with E-state index < -0.39 is 11.8 Å². The van der Waals surface area contributed by atoms with Crippen molar-refractivity contribution in [3.05, 3.63) is 48.4 Å². The van der Waals surface area contributed by atoms with E-state index in [2.05, 4.69) is 15.3 Å². The van der Waals surface area contributed by atoms with Crippen molar-refractivity contribution in [1.29, 1.82) is 5.41 Å². The van der Waals surface area contributed by atoms with Gasteiger partial charge in [-0.25, -0.2) is 9.88 Å². The van der Waals surface area contributed by atoms with Crippen LogP contribution in [0.25, 0.3) is 0 Å². The Labute approximate surface area is 127 Å². The maximum Gasteiger partial charge on any atom is 0.266 e. The van der Waals surface area contributed by atoms with Crippen LogP contribution in [-0.4, -0.2) is 27.7 Å². The molecule has 0 aliphatic rings. The lowest BCUT2D eigenvalue weighted by Crippen LogP contribution is -2.46. The number of aromatic nitrogens is 2. The molecule has 7 nitrogen and oxygen atoms in total. The molecule has 0 atom stereocenters. The lowest BCUT2D eigenvalue weighted by Gasteiger charge is -2.20. The minimum Gasteiger partial charge on any atom is -0.349 e. The van der Waals surface area contributed by atoms with E-state index in [4.69, 9.17) is 5.41 Å². The fourth-order valence-electron chi connectivity index (χ4n) is 1.63. The zero-order valence-corrected chi connectivity index (χ0v) is 12.0. The Morgan fingerprint density at radius 2 is 1.95 bits per heavy atom. The molecule has 0 fully saturated rings. The average Bonchev–Trinajstić information content (AvgIpc) is 2.93. The van der Waals surface area contributed by atoms with Crippen molar-refractivity contribution in [1.82, 2.24) is 15.3 Å². The van der Waals surface area contributed by atoms with E-state index in [9.17, 15) is 9.59 Å². The highest BCUT2D eigenvalue weighted by atomic mass is 35.5. The third-order valence-electron chi connectivity index (χ3n) is 2.45. The van der Waals surface area contributed by atoms with Crippen LogP contribution in [0.15, 0.2) is 42.9 Å². The van der Waals surface area contributed by atoms with Crippen molar-refractivity contribution in [3.63, 3.8) is 0 Å². The minimum atomic E-state index is -0.448. The highest BCUT2D eigenvalue weighted by Crippen LogP contribution is 2.13. The van der Waals surface area contributed by atoms with Gasteiger partial charge in [0.25, 0.3) is 5.91 Å². The van der Waals surface area contributed by atoms with E-state index in [0.29, 0.717) is 5.56 Å². The van der Waals surface area contributed by atoms with Crippen molar-refractivity contribution in [3.8, 4) is 0 Å². The van der Waals surface area contributed by atoms with E-state index in [-0.39, 0.29) is 24.2 Å². The maximum absolute atomic E-state index is 12.4. The molecular weight excluding hydrogens is 294 g/mol. The molecule has 0 saturated carbocycles. The number of imidazole rings is 1. The van der Waals surface area contributed by atoms with Crippen molar-refractivity contribution < 1.29 is 9.59 Å². The number of nitrogens with zero attached hydrogens (tertiary/aromatic N) is 2. The van der Waals surface area contributed by atoms with Crippen LogP contribution < -0.4 is 10.2 Å². The second-order valence-corrected chi connectivity index (χ2v) is 3.96. The molecule has 8 heteroatoms. The van der Waals surface area contributed by atoms with Crippen LogP contribution >= 0.6 is 12.4 Å². The highest BCUT2D eigenvalue weighted by Gasteiger charge is 2.24. The molecule has 2 amide bonds. The quantitative estimate of drug-likeness (QED) is 0.579. The number of guanidine groups is 1. The predicted octanol–water partition coefficient (Wildman–Crippen LogP) is 1.55. The first-order valence-electron chi connectivity index (χ1n) is 5.84. The van der Waals surface area contributed by atoms with Gasteiger partial charge in [0.2, 0.25) is 11.9 Å². The number of benzene rings is 1. The van der Waals surface area contributed by atoms with E-state index in [0.717, 1.165) is 4.90 Å². The Kier molecular flexibility index (Phi) is 5.62. The van der Waals surface area contributed by atoms with E-state index in [1.807, 2.05) is 0 Å². The van der Waals surface area contributed by atoms with Crippen LogP contribution in [0.1, 0.15) is 17.3 Å². The number of nitrogens with one attached hydrogen (secondary N) is 3. The van der Waals surface area contributed by atoms with Gasteiger partial charge >= 0.3 is 0 Å². The summed E-state index contributed by atoms with van der Waals surface area (Å²) in [6.45, 7) is 1.27. The molecule has 0 radical (unpaired) electrons. The molecule has 110 valence electrons. The molecule has 1 aromatic heterocycles. The van der Waals surface area contributed by atoms with E-state index in [1.165, 1.54) is 19.4 Å². The second kappa shape index (κ2) is 7.20. The Morgan fingerprint density at radius 1 is 1.29 bits per heavy atom. The summed E-state index contributed by atoms with van der Waals surface area (Å²) in [5.41, 5.74) is 0.394. The first kappa shape index (κ1) is 16.4. The summed E-state index contributed by atoms with van der Waals surface area (Å²) in [4.78, 5) is 31.2. The zero-order chi connectivity index (χ0) is 14.5. The predicted molar refractivity (Wildman–Crippen MR) is 80.6 cm³/mol. The van der Waals surface area contributed by atoms with Gasteiger partial charge in [-0.05, 0) is 12.1 Å². The summed E-state index contributed by atoms with van der Waals surface area (Å²) in [5, 5.41) is 10.1. The number of carbonyl (C=O) groups excluding carboxylic acids is 2. The molecule has 0 unspecified atom stereocenters. The lowest BCUT2D eigenvalue weighted by molar-refractivity contribution is -0.117. The van der Waals surface area contributed by atoms with Crippen LogP contribution in [0.2, 0.25) is 0 Å². The molecule has 0 spiro atoms. The van der Waals surface area contributed by atoms with Gasteiger partial charge in [0.15, 0.2) is 5.82 Å². The molecule has 0 bridgehead atoms. The number of H-pyrrole nitrogens is 1. The van der Waals surface area contributed by atoms with Gasteiger partial charge in [-0.15, -0.1) is 12.4 Å². The minimum absolute atomic E-state index is 0. The Hall–Kier alpha value is -2.67. The number of halogens is 1. The van der Waals surface area contributed by atoms with Crippen LogP contribution in [-0.2, 0) is 4.79 Å². The van der Waals surface area contributed by atoms with Crippen molar-refractivity contribution in [2.24, 2.45) is 0 Å². The normalized spacial score (nSPS) is 9.38. The summed E-state index contributed by atoms with van der Waals surface area (Å²) in [7, 11) is 0. The van der Waals surface area contributed by atoms with Crippen molar-refractivity contribution >= 4 is 36.0 Å². The Balaban J connectivity index is 0.00000220. The summed E-state index contributed by atoms with van der Waals surface area (Å²) in [6, 6.07) is 8.48. The number of rotatable bonds is 2. The zero-order valence-electron chi connectivity index (χ0n) is 11.2. The van der Waals surface area contributed by atoms with Gasteiger partial charge in [-0.3, -0.25) is 20.3 Å². The Morgan fingerprint density at radius 3 is 2.48 bits per heavy atom. The fraction of sp³-hybridized carbons (Fsp3) is 0.0769. The van der Waals surface area contributed by atoms with Crippen LogP contribution in [0.4, 0.5) is 5.82 Å². The molecule has 2 rings (SSSR count). The largest absolute Gasteiger partial charge is 0.349 e. The monoisotopic (exact) mass is 307 g/mol. The summed E-state index contributed by atoms with van der Waals surface area (Å²) in [5.74, 6) is -0.996. The van der Waals surface area contributed by atoms with Gasteiger partial charge in [-0.1, -0.05) is 18.2 Å². The summed E-state index contributed by atoms with van der Waals surface area (Å²) < 4.78 is 0. The molecule has 1 aromatic carbocycles. The summed E-state index contributed by atoms with van der Waals surface area (Å²) in [6.07, 6.45) is 2.86. The van der Waals surface area contributed by atoms with Crippen molar-refractivity contribution in [2.75, 3.05) is 4.90 Å². The average molecular weight is 308 g/mol. The van der Waals surface area contributed by atoms with Crippen LogP contribution in [0, 0.1) is 5.41 Å². The van der Waals surface area contributed by atoms with Gasteiger partial charge in [0.1, 0.15) is 0 Å². The van der Waals surface area contributed by atoms with E-state index >= 15 is 0 Å². The molecule has 2 aromatic rings. The first-order valence-corrected chi connectivity index (χ1v) is 5.84. The highest BCUT2D eigenvalue weighted by molar-refractivity contribution is 6.22. The lowest BCUT2D eigenvalue weighted by atomic mass is 10.2. The molecule has 1 heterocycles. The molecule has 0 aliphatic carbocycles. The van der Waals surface area contributed by atoms with E-state index in [1.54, 1.807) is 30.3 Å².